The number of fused-ring (bicyclic) bond motifs is 1. The van der Waals surface area contributed by atoms with E-state index < -0.39 is 11.6 Å². The molecule has 0 heterocycles. The summed E-state index contributed by atoms with van der Waals surface area (Å²) in [7, 11) is 0. The molecule has 0 spiro atoms. The third-order valence-corrected chi connectivity index (χ3v) is 2.97. The molecule has 0 bridgehead atoms. The summed E-state index contributed by atoms with van der Waals surface area (Å²) >= 11 is 0. The number of benzene rings is 1. The van der Waals surface area contributed by atoms with Crippen molar-refractivity contribution in [3.8, 4) is 12.3 Å². The Kier molecular flexibility index (Phi) is 2.77. The highest BCUT2D eigenvalue weighted by molar-refractivity contribution is 5.87. The number of carbonyl (C=O) groups is 1. The van der Waals surface area contributed by atoms with E-state index in [1.807, 2.05) is 24.3 Å². The first-order chi connectivity index (χ1) is 8.06. The van der Waals surface area contributed by atoms with Gasteiger partial charge in [-0.15, -0.1) is 6.42 Å². The summed E-state index contributed by atoms with van der Waals surface area (Å²) in [6.07, 6.45) is 6.70. The summed E-state index contributed by atoms with van der Waals surface area (Å²) in [6, 6.07) is 7.96. The summed E-state index contributed by atoms with van der Waals surface area (Å²) in [5.74, 6) is 2.21. The quantitative estimate of drug-likeness (QED) is 0.439. The zero-order valence-electron chi connectivity index (χ0n) is 9.82. The van der Waals surface area contributed by atoms with Gasteiger partial charge in [0.15, 0.2) is 5.60 Å². The summed E-state index contributed by atoms with van der Waals surface area (Å²) in [4.78, 5) is 11.6. The van der Waals surface area contributed by atoms with Gasteiger partial charge in [-0.1, -0.05) is 36.8 Å². The molecule has 0 aromatic heterocycles. The van der Waals surface area contributed by atoms with Gasteiger partial charge in [0.25, 0.3) is 0 Å². The largest absolute Gasteiger partial charge is 0.442 e. The number of terminal acetylenes is 1. The van der Waals surface area contributed by atoms with Crippen molar-refractivity contribution in [2.45, 2.75) is 25.4 Å². The Labute approximate surface area is 101 Å². The molecule has 1 aromatic rings. The molecule has 0 atom stereocenters. The first kappa shape index (κ1) is 11.5. The fraction of sp³-hybridized carbons (Fsp3) is 0.267. The van der Waals surface area contributed by atoms with Crippen molar-refractivity contribution in [2.24, 2.45) is 0 Å². The molecular formula is C15H14O2. The highest BCUT2D eigenvalue weighted by Gasteiger charge is 2.39. The van der Waals surface area contributed by atoms with Gasteiger partial charge >= 0.3 is 5.97 Å². The SMILES string of the molecule is C#CC1(OC(=O)C(=C)C)Cc2ccccc2C1. The van der Waals surface area contributed by atoms with Gasteiger partial charge in [-0.3, -0.25) is 0 Å². The van der Waals surface area contributed by atoms with Crippen LogP contribution in [-0.2, 0) is 22.4 Å². The monoisotopic (exact) mass is 226 g/mol. The predicted octanol–water partition coefficient (Wildman–Crippen LogP) is 2.28. The van der Waals surface area contributed by atoms with E-state index in [1.54, 1.807) is 6.92 Å². The Morgan fingerprint density at radius 1 is 1.41 bits per heavy atom. The van der Waals surface area contributed by atoms with Gasteiger partial charge in [-0.05, 0) is 18.1 Å². The van der Waals surface area contributed by atoms with Crippen molar-refractivity contribution in [1.82, 2.24) is 0 Å². The van der Waals surface area contributed by atoms with E-state index in [0.717, 1.165) is 11.1 Å². The summed E-state index contributed by atoms with van der Waals surface area (Å²) < 4.78 is 5.42. The topological polar surface area (TPSA) is 26.3 Å². The van der Waals surface area contributed by atoms with Gasteiger partial charge in [0.1, 0.15) is 0 Å². The smallest absolute Gasteiger partial charge is 0.334 e. The molecule has 0 radical (unpaired) electrons. The van der Waals surface area contributed by atoms with Crippen LogP contribution in [0.2, 0.25) is 0 Å². The molecule has 0 aliphatic heterocycles. The van der Waals surface area contributed by atoms with E-state index in [1.165, 1.54) is 0 Å². The minimum atomic E-state index is -0.834. The highest BCUT2D eigenvalue weighted by Crippen LogP contribution is 2.32. The van der Waals surface area contributed by atoms with Gasteiger partial charge in [-0.25, -0.2) is 4.79 Å². The molecule has 0 unspecified atom stereocenters. The molecule has 0 saturated carbocycles. The van der Waals surface area contributed by atoms with E-state index in [9.17, 15) is 4.79 Å². The Morgan fingerprint density at radius 2 is 1.94 bits per heavy atom. The number of ether oxygens (including phenoxy) is 1. The first-order valence-electron chi connectivity index (χ1n) is 5.50. The van der Waals surface area contributed by atoms with Crippen LogP contribution in [0.15, 0.2) is 36.4 Å². The average molecular weight is 226 g/mol. The first-order valence-corrected chi connectivity index (χ1v) is 5.50. The predicted molar refractivity (Wildman–Crippen MR) is 66.3 cm³/mol. The summed E-state index contributed by atoms with van der Waals surface area (Å²) in [5, 5.41) is 0. The maximum atomic E-state index is 11.6. The number of carbonyl (C=O) groups excluding carboxylic acids is 1. The third kappa shape index (κ3) is 2.09. The Bertz CT molecular complexity index is 495. The van der Waals surface area contributed by atoms with Crippen molar-refractivity contribution >= 4 is 5.97 Å². The minimum absolute atomic E-state index is 0.371. The number of esters is 1. The standard InChI is InChI=1S/C15H14O2/c1-4-15(17-14(16)11(2)3)9-12-7-5-6-8-13(12)10-15/h1,5-8H,2,9-10H2,3H3. The van der Waals surface area contributed by atoms with Gasteiger partial charge < -0.3 is 4.74 Å². The maximum Gasteiger partial charge on any atom is 0.334 e. The van der Waals surface area contributed by atoms with Crippen LogP contribution in [0.25, 0.3) is 0 Å². The van der Waals surface area contributed by atoms with E-state index >= 15 is 0 Å². The van der Waals surface area contributed by atoms with Crippen molar-refractivity contribution in [3.05, 3.63) is 47.5 Å². The molecular weight excluding hydrogens is 212 g/mol. The molecule has 0 fully saturated rings. The van der Waals surface area contributed by atoms with Crippen LogP contribution in [0.5, 0.6) is 0 Å². The summed E-state index contributed by atoms with van der Waals surface area (Å²) in [5.41, 5.74) is 1.84. The second-order valence-electron chi connectivity index (χ2n) is 4.43. The van der Waals surface area contributed by atoms with Crippen LogP contribution >= 0.6 is 0 Å². The molecule has 2 nitrogen and oxygen atoms in total. The van der Waals surface area contributed by atoms with Crippen LogP contribution in [0.3, 0.4) is 0 Å². The lowest BCUT2D eigenvalue weighted by Crippen LogP contribution is -2.34. The summed E-state index contributed by atoms with van der Waals surface area (Å²) in [6.45, 7) is 5.19. The second-order valence-corrected chi connectivity index (χ2v) is 4.43. The molecule has 1 aliphatic rings. The average Bonchev–Trinajstić information content (AvgIpc) is 2.67. The fourth-order valence-corrected chi connectivity index (χ4v) is 2.05. The number of hydrogen-bond acceptors (Lipinski definition) is 2. The lowest BCUT2D eigenvalue weighted by Gasteiger charge is -2.23. The molecule has 1 aromatic carbocycles. The molecule has 0 amide bonds. The Morgan fingerprint density at radius 3 is 2.35 bits per heavy atom. The molecule has 17 heavy (non-hydrogen) atoms. The highest BCUT2D eigenvalue weighted by atomic mass is 16.6. The molecule has 2 heteroatoms. The van der Waals surface area contributed by atoms with Gasteiger partial charge in [-0.2, -0.15) is 0 Å². The molecule has 1 aliphatic carbocycles. The van der Waals surface area contributed by atoms with Gasteiger partial charge in [0.05, 0.1) is 0 Å². The number of rotatable bonds is 2. The zero-order chi connectivity index (χ0) is 12.5. The Hall–Kier alpha value is -2.01. The van der Waals surface area contributed by atoms with Crippen LogP contribution in [0, 0.1) is 12.3 Å². The van der Waals surface area contributed by atoms with E-state index in [0.29, 0.717) is 18.4 Å². The second kappa shape index (κ2) is 4.10. The van der Waals surface area contributed by atoms with Gasteiger partial charge in [0.2, 0.25) is 0 Å². The zero-order valence-corrected chi connectivity index (χ0v) is 9.82. The normalized spacial score (nSPS) is 15.8. The number of hydrogen-bond donors (Lipinski definition) is 0. The Balaban J connectivity index is 2.24. The van der Waals surface area contributed by atoms with Crippen molar-refractivity contribution < 1.29 is 9.53 Å². The van der Waals surface area contributed by atoms with Crippen molar-refractivity contribution in [3.63, 3.8) is 0 Å². The van der Waals surface area contributed by atoms with E-state index in [4.69, 9.17) is 11.2 Å². The van der Waals surface area contributed by atoms with Crippen LogP contribution in [0.1, 0.15) is 18.1 Å². The molecule has 0 saturated heterocycles. The van der Waals surface area contributed by atoms with Crippen LogP contribution in [-0.4, -0.2) is 11.6 Å². The van der Waals surface area contributed by atoms with E-state index in [2.05, 4.69) is 12.5 Å². The van der Waals surface area contributed by atoms with E-state index in [-0.39, 0.29) is 0 Å². The minimum Gasteiger partial charge on any atom is -0.442 e. The van der Waals surface area contributed by atoms with Crippen molar-refractivity contribution in [1.29, 1.82) is 0 Å². The third-order valence-electron chi connectivity index (χ3n) is 2.97. The van der Waals surface area contributed by atoms with Crippen LogP contribution in [0.4, 0.5) is 0 Å². The lowest BCUT2D eigenvalue weighted by molar-refractivity contribution is -0.148. The lowest BCUT2D eigenvalue weighted by atomic mass is 10.0. The van der Waals surface area contributed by atoms with Crippen LogP contribution < -0.4 is 0 Å². The fourth-order valence-electron chi connectivity index (χ4n) is 2.05. The van der Waals surface area contributed by atoms with Crippen molar-refractivity contribution in [2.75, 3.05) is 0 Å². The molecule has 0 N–H and O–H groups in total. The molecule has 86 valence electrons. The van der Waals surface area contributed by atoms with Gasteiger partial charge in [0, 0.05) is 18.4 Å². The molecule has 2 rings (SSSR count). The maximum absolute atomic E-state index is 11.6.